The van der Waals surface area contributed by atoms with E-state index in [0.29, 0.717) is 25.2 Å². The predicted octanol–water partition coefficient (Wildman–Crippen LogP) is 0.935. The molecule has 1 aromatic rings. The molecule has 1 saturated heterocycles. The molecule has 0 bridgehead atoms. The van der Waals surface area contributed by atoms with Crippen LogP contribution in [0.5, 0.6) is 0 Å². The Hall–Kier alpha value is -1.44. The number of carbonyl (C=O) groups is 1. The van der Waals surface area contributed by atoms with E-state index >= 15 is 0 Å². The van der Waals surface area contributed by atoms with Crippen LogP contribution in [0.25, 0.3) is 0 Å². The Morgan fingerprint density at radius 2 is 2.17 bits per heavy atom. The van der Waals surface area contributed by atoms with Crippen molar-refractivity contribution in [3.8, 4) is 0 Å². The van der Waals surface area contributed by atoms with Gasteiger partial charge in [-0.05, 0) is 30.0 Å². The zero-order valence-electron chi connectivity index (χ0n) is 13.7. The van der Waals surface area contributed by atoms with Crippen molar-refractivity contribution in [2.45, 2.75) is 32.4 Å². The van der Waals surface area contributed by atoms with Gasteiger partial charge in [0.2, 0.25) is 15.9 Å². The summed E-state index contributed by atoms with van der Waals surface area (Å²) >= 11 is 0. The molecule has 0 saturated carbocycles. The molecule has 1 aliphatic heterocycles. The molecule has 1 aromatic carbocycles. The molecule has 3 N–H and O–H groups in total. The number of piperidine rings is 1. The summed E-state index contributed by atoms with van der Waals surface area (Å²) in [7, 11) is -3.12. The minimum Gasteiger partial charge on any atom is -0.366 e. The Kier molecular flexibility index (Phi) is 5.78. The van der Waals surface area contributed by atoms with Gasteiger partial charge in [0, 0.05) is 31.2 Å². The first-order chi connectivity index (χ1) is 10.8. The normalized spacial score (nSPS) is 22.9. The minimum atomic E-state index is -3.12. The van der Waals surface area contributed by atoms with Crippen LogP contribution >= 0.6 is 0 Å². The molecule has 1 aliphatic rings. The lowest BCUT2D eigenvalue weighted by Crippen LogP contribution is -2.50. The van der Waals surface area contributed by atoms with Crippen LogP contribution in [0.15, 0.2) is 24.3 Å². The van der Waals surface area contributed by atoms with Crippen LogP contribution < -0.4 is 11.1 Å². The van der Waals surface area contributed by atoms with Crippen LogP contribution in [0.3, 0.4) is 0 Å². The van der Waals surface area contributed by atoms with Crippen molar-refractivity contribution in [2.24, 2.45) is 11.7 Å². The molecule has 6 nitrogen and oxygen atoms in total. The average Bonchev–Trinajstić information content (AvgIpc) is 2.52. The number of primary amides is 1. The van der Waals surface area contributed by atoms with Gasteiger partial charge < -0.3 is 11.1 Å². The Labute approximate surface area is 138 Å². The molecule has 0 radical (unpaired) electrons. The second-order valence-corrected chi connectivity index (χ2v) is 8.11. The number of amides is 1. The first-order valence-electron chi connectivity index (χ1n) is 7.88. The van der Waals surface area contributed by atoms with Crippen molar-refractivity contribution in [1.82, 2.24) is 9.62 Å². The van der Waals surface area contributed by atoms with Crippen molar-refractivity contribution >= 4 is 15.9 Å². The Balaban J connectivity index is 1.98. The zero-order chi connectivity index (χ0) is 17.0. The van der Waals surface area contributed by atoms with Crippen LogP contribution in [-0.4, -0.2) is 44.0 Å². The summed E-state index contributed by atoms with van der Waals surface area (Å²) < 4.78 is 25.0. The van der Waals surface area contributed by atoms with Crippen LogP contribution in [0.2, 0.25) is 0 Å². The highest BCUT2D eigenvalue weighted by Gasteiger charge is 2.31. The number of carbonyl (C=O) groups excluding carboxylic acids is 1. The number of benzene rings is 1. The predicted molar refractivity (Wildman–Crippen MR) is 90.4 cm³/mol. The van der Waals surface area contributed by atoms with E-state index in [0.717, 1.165) is 18.4 Å². The monoisotopic (exact) mass is 339 g/mol. The molecule has 0 spiro atoms. The molecule has 1 heterocycles. The Bertz CT molecular complexity index is 660. The number of hydrogen-bond donors (Lipinski definition) is 2. The Morgan fingerprint density at radius 3 is 2.78 bits per heavy atom. The molecule has 2 atom stereocenters. The average molecular weight is 339 g/mol. The fourth-order valence-corrected chi connectivity index (χ4v) is 3.97. The number of hydrogen-bond acceptors (Lipinski definition) is 4. The van der Waals surface area contributed by atoms with Crippen LogP contribution in [0.4, 0.5) is 0 Å². The lowest BCUT2D eigenvalue weighted by molar-refractivity contribution is 0.1000. The molecular formula is C16H25N3O3S. The van der Waals surface area contributed by atoms with E-state index in [1.807, 2.05) is 12.1 Å². The van der Waals surface area contributed by atoms with Crippen LogP contribution in [0.1, 0.15) is 35.7 Å². The van der Waals surface area contributed by atoms with E-state index in [1.54, 1.807) is 16.4 Å². The molecule has 2 unspecified atom stereocenters. The van der Waals surface area contributed by atoms with Crippen LogP contribution in [-0.2, 0) is 16.6 Å². The summed E-state index contributed by atoms with van der Waals surface area (Å²) in [5, 5.41) is 3.50. The van der Waals surface area contributed by atoms with E-state index in [-0.39, 0.29) is 12.0 Å². The first-order valence-corrected chi connectivity index (χ1v) is 9.73. The number of nitrogens with one attached hydrogen (secondary N) is 1. The summed E-state index contributed by atoms with van der Waals surface area (Å²) in [5.41, 5.74) is 6.80. The minimum absolute atomic E-state index is 0.273. The summed E-state index contributed by atoms with van der Waals surface area (Å²) in [5.74, 6) is -0.141. The van der Waals surface area contributed by atoms with Gasteiger partial charge >= 0.3 is 0 Å². The maximum absolute atomic E-state index is 11.7. The first kappa shape index (κ1) is 17.9. The summed E-state index contributed by atoms with van der Waals surface area (Å²) in [6.07, 6.45) is 2.98. The molecular weight excluding hydrogens is 314 g/mol. The SMILES string of the molecule is CCC1CN(S(C)(=O)=O)CCC1NCc1cccc(C(N)=O)c1. The van der Waals surface area contributed by atoms with E-state index in [2.05, 4.69) is 12.2 Å². The van der Waals surface area contributed by atoms with Gasteiger partial charge in [-0.15, -0.1) is 0 Å². The second kappa shape index (κ2) is 7.42. The topological polar surface area (TPSA) is 92.5 Å². The molecule has 0 aliphatic carbocycles. The third kappa shape index (κ3) is 4.76. The van der Waals surface area contributed by atoms with Crippen molar-refractivity contribution in [3.05, 3.63) is 35.4 Å². The van der Waals surface area contributed by atoms with Crippen LogP contribution in [0, 0.1) is 5.92 Å². The van der Waals surface area contributed by atoms with Gasteiger partial charge in [0.1, 0.15) is 0 Å². The smallest absolute Gasteiger partial charge is 0.248 e. The lowest BCUT2D eigenvalue weighted by atomic mass is 9.91. The second-order valence-electron chi connectivity index (χ2n) is 6.13. The van der Waals surface area contributed by atoms with Gasteiger partial charge in [0.25, 0.3) is 0 Å². The van der Waals surface area contributed by atoms with Gasteiger partial charge in [-0.25, -0.2) is 12.7 Å². The Morgan fingerprint density at radius 1 is 1.43 bits per heavy atom. The molecule has 128 valence electrons. The third-order valence-corrected chi connectivity index (χ3v) is 5.74. The van der Waals surface area contributed by atoms with Crippen molar-refractivity contribution in [1.29, 1.82) is 0 Å². The highest BCUT2D eigenvalue weighted by molar-refractivity contribution is 7.88. The zero-order valence-corrected chi connectivity index (χ0v) is 14.5. The largest absolute Gasteiger partial charge is 0.366 e. The molecule has 1 fully saturated rings. The van der Waals surface area contributed by atoms with Gasteiger partial charge in [-0.2, -0.15) is 0 Å². The molecule has 7 heteroatoms. The number of nitrogens with zero attached hydrogens (tertiary/aromatic N) is 1. The summed E-state index contributed by atoms with van der Waals surface area (Å²) in [6.45, 7) is 3.84. The van der Waals surface area contributed by atoms with E-state index in [4.69, 9.17) is 5.73 Å². The van der Waals surface area contributed by atoms with E-state index in [9.17, 15) is 13.2 Å². The van der Waals surface area contributed by atoms with Gasteiger partial charge in [0.05, 0.1) is 6.26 Å². The maximum Gasteiger partial charge on any atom is 0.248 e. The van der Waals surface area contributed by atoms with Crippen molar-refractivity contribution < 1.29 is 13.2 Å². The highest BCUT2D eigenvalue weighted by Crippen LogP contribution is 2.22. The molecule has 1 amide bonds. The summed E-state index contributed by atoms with van der Waals surface area (Å²) in [4.78, 5) is 11.2. The fourth-order valence-electron chi connectivity index (χ4n) is 3.07. The lowest BCUT2D eigenvalue weighted by Gasteiger charge is -2.37. The number of sulfonamides is 1. The summed E-state index contributed by atoms with van der Waals surface area (Å²) in [6, 6.07) is 7.54. The standard InChI is InChI=1S/C16H25N3O3S/c1-3-13-11-19(23(2,21)22)8-7-15(13)18-10-12-5-4-6-14(9-12)16(17)20/h4-6,9,13,15,18H,3,7-8,10-11H2,1-2H3,(H2,17,20). The number of nitrogens with two attached hydrogens (primary N) is 1. The molecule has 2 rings (SSSR count). The van der Waals surface area contributed by atoms with E-state index < -0.39 is 15.9 Å². The van der Waals surface area contributed by atoms with Crippen molar-refractivity contribution in [3.63, 3.8) is 0 Å². The van der Waals surface area contributed by atoms with Gasteiger partial charge in [-0.3, -0.25) is 4.79 Å². The van der Waals surface area contributed by atoms with E-state index in [1.165, 1.54) is 6.26 Å². The molecule has 0 aromatic heterocycles. The fraction of sp³-hybridized carbons (Fsp3) is 0.562. The maximum atomic E-state index is 11.7. The molecule has 23 heavy (non-hydrogen) atoms. The number of rotatable bonds is 6. The quantitative estimate of drug-likeness (QED) is 0.806. The van der Waals surface area contributed by atoms with Gasteiger partial charge in [0.15, 0.2) is 0 Å². The third-order valence-electron chi connectivity index (χ3n) is 4.47. The highest BCUT2D eigenvalue weighted by atomic mass is 32.2. The van der Waals surface area contributed by atoms with Gasteiger partial charge in [-0.1, -0.05) is 25.5 Å². The van der Waals surface area contributed by atoms with Crippen molar-refractivity contribution in [2.75, 3.05) is 19.3 Å².